The van der Waals surface area contributed by atoms with Gasteiger partial charge < -0.3 is 14.7 Å². The van der Waals surface area contributed by atoms with E-state index in [1.54, 1.807) is 6.92 Å². The normalized spacial score (nSPS) is 19.9. The first-order chi connectivity index (χ1) is 9.99. The highest BCUT2D eigenvalue weighted by Crippen LogP contribution is 2.20. The van der Waals surface area contributed by atoms with Crippen molar-refractivity contribution in [1.29, 1.82) is 0 Å². The largest absolute Gasteiger partial charge is 0.481 e. The Hall–Kier alpha value is -2.11. The fourth-order valence-electron chi connectivity index (χ4n) is 2.45. The molecule has 0 bridgehead atoms. The molecule has 0 aliphatic carbocycles. The summed E-state index contributed by atoms with van der Waals surface area (Å²) >= 11 is 0. The lowest BCUT2D eigenvalue weighted by atomic mass is 10.0. The van der Waals surface area contributed by atoms with Crippen LogP contribution < -0.4 is 4.74 Å². The summed E-state index contributed by atoms with van der Waals surface area (Å²) in [4.78, 5) is 24.9. The number of ether oxygens (including phenoxy) is 1. The van der Waals surface area contributed by atoms with E-state index in [2.05, 4.69) is 0 Å². The fraction of sp³-hybridized carbons (Fsp3) is 0.467. The van der Waals surface area contributed by atoms with Crippen molar-refractivity contribution in [2.24, 2.45) is 0 Å². The SMILES string of the molecule is CC(Oc1ccc(F)cc1)C(=O)N1CCCCC1C(=O)O. The molecular formula is C15H18FNO4. The highest BCUT2D eigenvalue weighted by Gasteiger charge is 2.34. The number of aliphatic carboxylic acids is 1. The molecule has 2 atom stereocenters. The minimum atomic E-state index is -0.989. The molecule has 114 valence electrons. The van der Waals surface area contributed by atoms with Crippen LogP contribution in [0.15, 0.2) is 24.3 Å². The van der Waals surface area contributed by atoms with Crippen LogP contribution in [0.5, 0.6) is 5.75 Å². The number of rotatable bonds is 4. The molecular weight excluding hydrogens is 277 g/mol. The van der Waals surface area contributed by atoms with Crippen LogP contribution in [0.2, 0.25) is 0 Å². The molecule has 21 heavy (non-hydrogen) atoms. The van der Waals surface area contributed by atoms with Crippen molar-refractivity contribution in [3.63, 3.8) is 0 Å². The third-order valence-corrected chi connectivity index (χ3v) is 3.55. The van der Waals surface area contributed by atoms with Gasteiger partial charge >= 0.3 is 5.97 Å². The number of carboxylic acids is 1. The van der Waals surface area contributed by atoms with Crippen molar-refractivity contribution in [3.05, 3.63) is 30.1 Å². The summed E-state index contributed by atoms with van der Waals surface area (Å²) in [6, 6.07) is 4.57. The number of amides is 1. The predicted octanol–water partition coefficient (Wildman–Crippen LogP) is 2.06. The third kappa shape index (κ3) is 3.71. The average Bonchev–Trinajstić information content (AvgIpc) is 2.48. The molecule has 0 aromatic heterocycles. The van der Waals surface area contributed by atoms with Gasteiger partial charge in [0.15, 0.2) is 6.10 Å². The molecule has 1 aromatic carbocycles. The molecule has 1 saturated heterocycles. The summed E-state index contributed by atoms with van der Waals surface area (Å²) in [6.45, 7) is 1.99. The molecule has 1 N–H and O–H groups in total. The maximum Gasteiger partial charge on any atom is 0.326 e. The second-order valence-electron chi connectivity index (χ2n) is 5.10. The molecule has 1 aliphatic heterocycles. The Bertz CT molecular complexity index is 517. The lowest BCUT2D eigenvalue weighted by Gasteiger charge is -2.34. The molecule has 1 aromatic rings. The lowest BCUT2D eigenvalue weighted by Crippen LogP contribution is -2.52. The van der Waals surface area contributed by atoms with Gasteiger partial charge in [0, 0.05) is 6.54 Å². The lowest BCUT2D eigenvalue weighted by molar-refractivity contribution is -0.155. The minimum absolute atomic E-state index is 0.355. The Morgan fingerprint density at radius 3 is 2.62 bits per heavy atom. The van der Waals surface area contributed by atoms with E-state index < -0.39 is 18.1 Å². The summed E-state index contributed by atoms with van der Waals surface area (Å²) in [7, 11) is 0. The van der Waals surface area contributed by atoms with Crippen molar-refractivity contribution in [2.75, 3.05) is 6.54 Å². The molecule has 1 fully saturated rings. The number of likely N-dealkylation sites (tertiary alicyclic amines) is 1. The molecule has 0 spiro atoms. The number of carbonyl (C=O) groups excluding carboxylic acids is 1. The molecule has 2 unspecified atom stereocenters. The van der Waals surface area contributed by atoms with Crippen molar-refractivity contribution in [1.82, 2.24) is 4.90 Å². The van der Waals surface area contributed by atoms with Crippen LogP contribution in [0, 0.1) is 5.82 Å². The van der Waals surface area contributed by atoms with Crippen molar-refractivity contribution in [3.8, 4) is 5.75 Å². The molecule has 6 heteroatoms. The second kappa shape index (κ2) is 6.56. The monoisotopic (exact) mass is 295 g/mol. The van der Waals surface area contributed by atoms with Gasteiger partial charge in [-0.15, -0.1) is 0 Å². The molecule has 5 nitrogen and oxygen atoms in total. The van der Waals surface area contributed by atoms with Gasteiger partial charge in [-0.25, -0.2) is 9.18 Å². The Morgan fingerprint density at radius 2 is 2.00 bits per heavy atom. The number of nitrogens with zero attached hydrogens (tertiary/aromatic N) is 1. The molecule has 1 amide bonds. The van der Waals surface area contributed by atoms with Crippen LogP contribution in [0.4, 0.5) is 4.39 Å². The van der Waals surface area contributed by atoms with Gasteiger partial charge in [0.2, 0.25) is 0 Å². The number of benzene rings is 1. The van der Waals surface area contributed by atoms with Crippen LogP contribution in [0.3, 0.4) is 0 Å². The van der Waals surface area contributed by atoms with E-state index in [1.165, 1.54) is 29.2 Å². The number of piperidine rings is 1. The number of halogens is 1. The highest BCUT2D eigenvalue weighted by molar-refractivity contribution is 5.86. The summed E-state index contributed by atoms with van der Waals surface area (Å²) in [6.07, 6.45) is 1.24. The Morgan fingerprint density at radius 1 is 1.33 bits per heavy atom. The van der Waals surface area contributed by atoms with Crippen LogP contribution in [-0.4, -0.2) is 40.6 Å². The van der Waals surface area contributed by atoms with E-state index in [1.807, 2.05) is 0 Å². The molecule has 1 aliphatic rings. The molecule has 1 heterocycles. The van der Waals surface area contributed by atoms with Crippen molar-refractivity contribution in [2.45, 2.75) is 38.3 Å². The summed E-state index contributed by atoms with van der Waals surface area (Å²) in [5.74, 6) is -1.35. The van der Waals surface area contributed by atoms with Crippen molar-refractivity contribution >= 4 is 11.9 Å². The van der Waals surface area contributed by atoms with Crippen LogP contribution in [0.25, 0.3) is 0 Å². The van der Waals surface area contributed by atoms with E-state index in [9.17, 15) is 19.1 Å². The predicted molar refractivity (Wildman–Crippen MR) is 73.5 cm³/mol. The summed E-state index contributed by atoms with van der Waals surface area (Å²) in [5.41, 5.74) is 0. The second-order valence-corrected chi connectivity index (χ2v) is 5.10. The average molecular weight is 295 g/mol. The smallest absolute Gasteiger partial charge is 0.326 e. The van der Waals surface area contributed by atoms with Gasteiger partial charge in [0.25, 0.3) is 5.91 Å². The third-order valence-electron chi connectivity index (χ3n) is 3.55. The maximum atomic E-state index is 12.8. The number of carboxylic acid groups (broad SMARTS) is 1. The van der Waals surface area contributed by atoms with Crippen LogP contribution in [0.1, 0.15) is 26.2 Å². The molecule has 2 rings (SSSR count). The van der Waals surface area contributed by atoms with Gasteiger partial charge in [0.05, 0.1) is 0 Å². The first-order valence-corrected chi connectivity index (χ1v) is 6.94. The number of hydrogen-bond acceptors (Lipinski definition) is 3. The first-order valence-electron chi connectivity index (χ1n) is 6.94. The van der Waals surface area contributed by atoms with Gasteiger partial charge in [-0.3, -0.25) is 4.79 Å². The van der Waals surface area contributed by atoms with E-state index in [0.29, 0.717) is 18.7 Å². The standard InChI is InChI=1S/C15H18FNO4/c1-10(21-12-7-5-11(16)6-8-12)14(18)17-9-3-2-4-13(17)15(19)20/h5-8,10,13H,2-4,9H2,1H3,(H,19,20). The van der Waals surface area contributed by atoms with Crippen molar-refractivity contribution < 1.29 is 23.8 Å². The Labute approximate surface area is 122 Å². The minimum Gasteiger partial charge on any atom is -0.481 e. The Balaban J connectivity index is 2.03. The van der Waals surface area contributed by atoms with Gasteiger partial charge in [0.1, 0.15) is 17.6 Å². The van der Waals surface area contributed by atoms with Gasteiger partial charge in [-0.05, 0) is 50.5 Å². The maximum absolute atomic E-state index is 12.8. The molecule has 0 radical (unpaired) electrons. The number of hydrogen-bond donors (Lipinski definition) is 1. The fourth-order valence-corrected chi connectivity index (χ4v) is 2.45. The Kier molecular flexibility index (Phi) is 4.77. The zero-order valence-corrected chi connectivity index (χ0v) is 11.8. The van der Waals surface area contributed by atoms with Crippen LogP contribution >= 0.6 is 0 Å². The van der Waals surface area contributed by atoms with E-state index >= 15 is 0 Å². The van der Waals surface area contributed by atoms with E-state index in [-0.39, 0.29) is 11.7 Å². The highest BCUT2D eigenvalue weighted by atomic mass is 19.1. The van der Waals surface area contributed by atoms with Gasteiger partial charge in [-0.2, -0.15) is 0 Å². The number of carbonyl (C=O) groups is 2. The van der Waals surface area contributed by atoms with E-state index in [4.69, 9.17) is 4.74 Å². The topological polar surface area (TPSA) is 66.8 Å². The zero-order chi connectivity index (χ0) is 15.4. The quantitative estimate of drug-likeness (QED) is 0.923. The van der Waals surface area contributed by atoms with Crippen LogP contribution in [-0.2, 0) is 9.59 Å². The summed E-state index contributed by atoms with van der Waals surface area (Å²) in [5, 5.41) is 9.18. The summed E-state index contributed by atoms with van der Waals surface area (Å²) < 4.78 is 18.3. The molecule has 0 saturated carbocycles. The zero-order valence-electron chi connectivity index (χ0n) is 11.8. The first kappa shape index (κ1) is 15.3. The van der Waals surface area contributed by atoms with E-state index in [0.717, 1.165) is 12.8 Å². The van der Waals surface area contributed by atoms with Gasteiger partial charge in [-0.1, -0.05) is 0 Å².